The van der Waals surface area contributed by atoms with E-state index in [1.807, 2.05) is 6.07 Å². The van der Waals surface area contributed by atoms with Crippen LogP contribution in [0.3, 0.4) is 0 Å². The molecule has 0 aromatic rings. The van der Waals surface area contributed by atoms with E-state index in [1.165, 1.54) is 19.3 Å². The van der Waals surface area contributed by atoms with E-state index in [2.05, 4.69) is 27.4 Å². The summed E-state index contributed by atoms with van der Waals surface area (Å²) in [7, 11) is 0. The molecule has 9 unspecified atom stereocenters. The van der Waals surface area contributed by atoms with Gasteiger partial charge in [-0.15, -0.1) is 0 Å². The smallest absolute Gasteiger partial charge is 0.161 e. The fourth-order valence-electron chi connectivity index (χ4n) is 5.27. The Morgan fingerprint density at radius 2 is 1.88 bits per heavy atom. The Hall–Kier alpha value is -0.890. The van der Waals surface area contributed by atoms with Gasteiger partial charge in [-0.25, -0.2) is 0 Å². The van der Waals surface area contributed by atoms with Crippen molar-refractivity contribution in [3.05, 3.63) is 12.2 Å². The first-order valence-corrected chi connectivity index (χ1v) is 9.50. The van der Waals surface area contributed by atoms with Gasteiger partial charge in [0.25, 0.3) is 0 Å². The minimum Gasteiger partial charge on any atom is -0.388 e. The molecule has 1 aliphatic carbocycles. The van der Waals surface area contributed by atoms with Gasteiger partial charge in [-0.3, -0.25) is 0 Å². The van der Waals surface area contributed by atoms with Crippen molar-refractivity contribution < 1.29 is 14.6 Å². The van der Waals surface area contributed by atoms with E-state index < -0.39 is 6.10 Å². The molecule has 0 amide bonds. The van der Waals surface area contributed by atoms with E-state index in [4.69, 9.17) is 14.7 Å². The summed E-state index contributed by atoms with van der Waals surface area (Å²) in [5.41, 5.74) is 0.221. The Morgan fingerprint density at radius 3 is 2.58 bits per heavy atom. The second-order valence-corrected chi connectivity index (χ2v) is 8.27. The van der Waals surface area contributed by atoms with Gasteiger partial charge in [-0.1, -0.05) is 26.8 Å². The lowest BCUT2D eigenvalue weighted by Gasteiger charge is -2.52. The quantitative estimate of drug-likeness (QED) is 0.801. The maximum Gasteiger partial charge on any atom is 0.161 e. The van der Waals surface area contributed by atoms with Gasteiger partial charge in [-0.05, 0) is 49.9 Å². The van der Waals surface area contributed by atoms with Crippen LogP contribution in [0.15, 0.2) is 12.2 Å². The van der Waals surface area contributed by atoms with Crippen molar-refractivity contribution in [2.75, 3.05) is 0 Å². The Labute approximate surface area is 145 Å². The van der Waals surface area contributed by atoms with Crippen LogP contribution >= 0.6 is 0 Å². The lowest BCUT2D eigenvalue weighted by atomic mass is 9.60. The van der Waals surface area contributed by atoms with Crippen molar-refractivity contribution in [1.82, 2.24) is 0 Å². The Morgan fingerprint density at radius 1 is 1.17 bits per heavy atom. The van der Waals surface area contributed by atoms with Crippen LogP contribution < -0.4 is 0 Å². The van der Waals surface area contributed by atoms with Crippen LogP contribution in [0.1, 0.15) is 52.9 Å². The third kappa shape index (κ3) is 3.27. The van der Waals surface area contributed by atoms with Gasteiger partial charge in [0.2, 0.25) is 0 Å². The van der Waals surface area contributed by atoms with Crippen molar-refractivity contribution >= 4 is 0 Å². The summed E-state index contributed by atoms with van der Waals surface area (Å²) >= 11 is 0. The lowest BCUT2D eigenvalue weighted by molar-refractivity contribution is -0.279. The van der Waals surface area contributed by atoms with E-state index in [1.54, 1.807) is 0 Å². The number of hydrogen-bond donors (Lipinski definition) is 1. The van der Waals surface area contributed by atoms with Crippen LogP contribution in [0, 0.1) is 40.9 Å². The summed E-state index contributed by atoms with van der Waals surface area (Å²) in [6.45, 7) is 10.4. The first-order valence-electron chi connectivity index (χ1n) is 9.50. The third-order valence-corrected chi connectivity index (χ3v) is 6.83. The highest BCUT2D eigenvalue weighted by Crippen LogP contribution is 2.52. The van der Waals surface area contributed by atoms with Crippen LogP contribution in [0.4, 0.5) is 0 Å². The van der Waals surface area contributed by atoms with Gasteiger partial charge < -0.3 is 14.6 Å². The van der Waals surface area contributed by atoms with Crippen LogP contribution in [0.2, 0.25) is 0 Å². The molecule has 2 aliphatic heterocycles. The second kappa shape index (κ2) is 7.15. The predicted molar refractivity (Wildman–Crippen MR) is 91.9 cm³/mol. The predicted octanol–water partition coefficient (Wildman–Crippen LogP) is 3.66. The van der Waals surface area contributed by atoms with E-state index in [0.29, 0.717) is 30.1 Å². The second-order valence-electron chi connectivity index (χ2n) is 8.27. The largest absolute Gasteiger partial charge is 0.388 e. The summed E-state index contributed by atoms with van der Waals surface area (Å²) in [6.07, 6.45) is 4.43. The fraction of sp³-hybridized carbons (Fsp3) is 0.850. The molecular formula is C20H31NO3. The maximum atomic E-state index is 10.2. The molecule has 1 N–H and O–H groups in total. The number of nitriles is 1. The zero-order chi connectivity index (χ0) is 17.4. The molecule has 3 rings (SSSR count). The van der Waals surface area contributed by atoms with Crippen LogP contribution in [0.5, 0.6) is 0 Å². The lowest BCUT2D eigenvalue weighted by Crippen LogP contribution is -2.53. The van der Waals surface area contributed by atoms with Crippen LogP contribution in [-0.4, -0.2) is 29.7 Å². The molecule has 134 valence electrons. The maximum absolute atomic E-state index is 10.2. The number of ether oxygens (including phenoxy) is 2. The average molecular weight is 333 g/mol. The molecule has 4 nitrogen and oxygen atoms in total. The summed E-state index contributed by atoms with van der Waals surface area (Å²) in [4.78, 5) is 0. The molecule has 9 atom stereocenters. The molecule has 24 heavy (non-hydrogen) atoms. The monoisotopic (exact) mass is 333 g/mol. The Bertz CT molecular complexity index is 514. The molecule has 0 spiro atoms. The number of aliphatic hydroxyl groups excluding tert-OH is 1. The summed E-state index contributed by atoms with van der Waals surface area (Å²) < 4.78 is 12.6. The third-order valence-electron chi connectivity index (χ3n) is 6.83. The van der Waals surface area contributed by atoms with Crippen molar-refractivity contribution in [2.45, 2.75) is 77.5 Å². The van der Waals surface area contributed by atoms with Crippen molar-refractivity contribution in [3.63, 3.8) is 0 Å². The van der Waals surface area contributed by atoms with Crippen molar-refractivity contribution in [2.24, 2.45) is 29.6 Å². The Kier molecular flexibility index (Phi) is 5.34. The molecule has 0 aromatic carbocycles. The molecule has 4 heteroatoms. The van der Waals surface area contributed by atoms with E-state index >= 15 is 0 Å². The van der Waals surface area contributed by atoms with Gasteiger partial charge in [0, 0.05) is 12.3 Å². The SMILES string of the molecule is C=C(C#N)C(O)CC1OC2OC(C)CCC3C(C)CCC(C1C)C23. The van der Waals surface area contributed by atoms with E-state index in [-0.39, 0.29) is 24.1 Å². The molecule has 3 fully saturated rings. The fourth-order valence-corrected chi connectivity index (χ4v) is 5.27. The van der Waals surface area contributed by atoms with E-state index in [9.17, 15) is 5.11 Å². The minimum absolute atomic E-state index is 0.0734. The molecule has 3 aliphatic rings. The zero-order valence-corrected chi connectivity index (χ0v) is 15.1. The molecular weight excluding hydrogens is 302 g/mol. The first kappa shape index (κ1) is 17.9. The number of hydrogen-bond acceptors (Lipinski definition) is 4. The van der Waals surface area contributed by atoms with Crippen molar-refractivity contribution in [3.8, 4) is 6.07 Å². The standard InChI is InChI=1S/C20H31NO3/c1-11-5-7-16-14(4)18(9-17(22)12(2)10-21)24-20-19(16)15(11)8-6-13(3)23-20/h11,13-20,22H,2,5-9H2,1,3-4H3. The van der Waals surface area contributed by atoms with Gasteiger partial charge >= 0.3 is 0 Å². The highest BCUT2D eigenvalue weighted by atomic mass is 16.7. The minimum atomic E-state index is -0.819. The van der Waals surface area contributed by atoms with Gasteiger partial charge in [-0.2, -0.15) is 5.26 Å². The van der Waals surface area contributed by atoms with Gasteiger partial charge in [0.15, 0.2) is 6.29 Å². The van der Waals surface area contributed by atoms with Crippen LogP contribution in [-0.2, 0) is 9.47 Å². The van der Waals surface area contributed by atoms with Gasteiger partial charge in [0.05, 0.1) is 30.0 Å². The number of rotatable bonds is 3. The highest BCUT2D eigenvalue weighted by Gasteiger charge is 2.52. The normalized spacial score (nSPS) is 46.3. The van der Waals surface area contributed by atoms with Crippen molar-refractivity contribution in [1.29, 1.82) is 5.26 Å². The summed E-state index contributed by atoms with van der Waals surface area (Å²) in [5.74, 6) is 2.85. The molecule has 2 saturated heterocycles. The summed E-state index contributed by atoms with van der Waals surface area (Å²) in [6, 6.07) is 1.96. The zero-order valence-electron chi connectivity index (χ0n) is 15.1. The first-order chi connectivity index (χ1) is 11.4. The number of aliphatic hydroxyl groups is 1. The number of nitrogens with zero attached hydrogens (tertiary/aromatic N) is 1. The molecule has 0 bridgehead atoms. The topological polar surface area (TPSA) is 62.5 Å². The highest BCUT2D eigenvalue weighted by molar-refractivity contribution is 5.21. The molecule has 2 heterocycles. The molecule has 1 saturated carbocycles. The average Bonchev–Trinajstić information content (AvgIpc) is 2.72. The Balaban J connectivity index is 1.81. The summed E-state index contributed by atoms with van der Waals surface area (Å²) in [5, 5.41) is 19.2. The molecule has 0 aromatic heterocycles. The molecule has 0 radical (unpaired) electrons. The van der Waals surface area contributed by atoms with E-state index in [0.717, 1.165) is 12.3 Å². The van der Waals surface area contributed by atoms with Crippen LogP contribution in [0.25, 0.3) is 0 Å². The van der Waals surface area contributed by atoms with Gasteiger partial charge in [0.1, 0.15) is 0 Å².